The third kappa shape index (κ3) is 5.28. The summed E-state index contributed by atoms with van der Waals surface area (Å²) in [6, 6.07) is 21.8. The lowest BCUT2D eigenvalue weighted by Gasteiger charge is -2.21. The highest BCUT2D eigenvalue weighted by Crippen LogP contribution is 2.48. The minimum absolute atomic E-state index is 0.460. The maximum absolute atomic E-state index is 13.5. The molecule has 0 aliphatic heterocycles. The number of hydrogen-bond acceptors (Lipinski definition) is 4. The number of ether oxygens (including phenoxy) is 1. The van der Waals surface area contributed by atoms with E-state index >= 15 is 0 Å². The lowest BCUT2D eigenvalue weighted by molar-refractivity contribution is 0.392. The first kappa shape index (κ1) is 18.9. The molecule has 0 spiro atoms. The van der Waals surface area contributed by atoms with Gasteiger partial charge in [-0.25, -0.2) is 4.57 Å². The monoisotopic (exact) mass is 383 g/mol. The molecule has 0 aliphatic carbocycles. The van der Waals surface area contributed by atoms with Crippen LogP contribution in [0.2, 0.25) is 0 Å². The zero-order chi connectivity index (χ0) is 19.3. The summed E-state index contributed by atoms with van der Waals surface area (Å²) in [6.45, 7) is 3.88. The van der Waals surface area contributed by atoms with E-state index in [1.165, 1.54) is 0 Å². The van der Waals surface area contributed by atoms with Crippen molar-refractivity contribution >= 4 is 13.4 Å². The van der Waals surface area contributed by atoms with Crippen molar-refractivity contribution in [1.29, 1.82) is 0 Å². The summed E-state index contributed by atoms with van der Waals surface area (Å²) in [4.78, 5) is 0. The predicted octanol–water partition coefficient (Wildman–Crippen LogP) is 5.99. The Morgan fingerprint density at radius 1 is 0.741 bits per heavy atom. The Morgan fingerprint density at radius 3 is 1.78 bits per heavy atom. The number of rotatable bonds is 7. The van der Waals surface area contributed by atoms with Crippen molar-refractivity contribution in [3.8, 4) is 17.2 Å². The van der Waals surface area contributed by atoms with E-state index in [0.717, 1.165) is 11.1 Å². The van der Waals surface area contributed by atoms with Gasteiger partial charge < -0.3 is 13.8 Å². The highest BCUT2D eigenvalue weighted by molar-refractivity contribution is 7.56. The highest BCUT2D eigenvalue weighted by atomic mass is 31.2. The molecule has 0 amide bonds. The van der Waals surface area contributed by atoms with Crippen molar-refractivity contribution in [2.45, 2.75) is 13.8 Å². The Hall–Kier alpha value is -2.91. The van der Waals surface area contributed by atoms with Crippen LogP contribution in [-0.2, 0) is 4.57 Å². The zero-order valence-electron chi connectivity index (χ0n) is 15.5. The van der Waals surface area contributed by atoms with Crippen LogP contribution in [0.5, 0.6) is 17.2 Å². The normalized spacial score (nSPS) is 10.9. The summed E-state index contributed by atoms with van der Waals surface area (Å²) in [6.07, 6.45) is 0. The first-order valence-corrected chi connectivity index (χ1v) is 10.0. The summed E-state index contributed by atoms with van der Waals surface area (Å²) in [7, 11) is -2.19. The maximum Gasteiger partial charge on any atom is 0.541 e. The van der Waals surface area contributed by atoms with Crippen molar-refractivity contribution in [1.82, 2.24) is 0 Å². The molecule has 27 heavy (non-hydrogen) atoms. The molecule has 0 heterocycles. The van der Waals surface area contributed by atoms with E-state index in [0.29, 0.717) is 22.9 Å². The van der Waals surface area contributed by atoms with E-state index in [9.17, 15) is 4.57 Å². The van der Waals surface area contributed by atoms with Crippen LogP contribution < -0.4 is 18.9 Å². The lowest BCUT2D eigenvalue weighted by Crippen LogP contribution is -2.10. The second kappa shape index (κ2) is 8.19. The van der Waals surface area contributed by atoms with Crippen LogP contribution in [0.3, 0.4) is 0 Å². The molecule has 3 aromatic rings. The quantitative estimate of drug-likeness (QED) is 0.508. The van der Waals surface area contributed by atoms with E-state index in [1.54, 1.807) is 55.6 Å². The molecule has 140 valence electrons. The smallest absolute Gasteiger partial charge is 0.497 e. The third-order valence-electron chi connectivity index (χ3n) is 3.77. The SMILES string of the molecule is COc1cccc(NP(=O)(Oc2cccc(C)c2)Oc2cccc(C)c2)c1. The van der Waals surface area contributed by atoms with Gasteiger partial charge in [0.25, 0.3) is 0 Å². The minimum atomic E-state index is -3.76. The van der Waals surface area contributed by atoms with Gasteiger partial charge in [-0.05, 0) is 61.4 Å². The van der Waals surface area contributed by atoms with Gasteiger partial charge in [-0.2, -0.15) is 0 Å². The maximum atomic E-state index is 13.5. The van der Waals surface area contributed by atoms with Crippen LogP contribution >= 0.6 is 7.75 Å². The fraction of sp³-hybridized carbons (Fsp3) is 0.143. The number of methoxy groups -OCH3 is 1. The fourth-order valence-corrected chi connectivity index (χ4v) is 3.90. The molecule has 3 rings (SSSR count). The van der Waals surface area contributed by atoms with Gasteiger partial charge in [-0.15, -0.1) is 0 Å². The molecule has 0 radical (unpaired) electrons. The van der Waals surface area contributed by atoms with Gasteiger partial charge >= 0.3 is 7.75 Å². The van der Waals surface area contributed by atoms with Crippen LogP contribution in [0.25, 0.3) is 0 Å². The molecule has 0 saturated heterocycles. The Morgan fingerprint density at radius 2 is 1.26 bits per heavy atom. The zero-order valence-corrected chi connectivity index (χ0v) is 16.4. The molecular weight excluding hydrogens is 361 g/mol. The largest absolute Gasteiger partial charge is 0.541 e. The number of aryl methyl sites for hydroxylation is 2. The molecule has 1 N–H and O–H groups in total. The topological polar surface area (TPSA) is 56.8 Å². The Labute approximate surface area is 159 Å². The summed E-state index contributed by atoms with van der Waals surface area (Å²) in [5.41, 5.74) is 2.56. The van der Waals surface area contributed by atoms with Crippen molar-refractivity contribution in [3.05, 3.63) is 83.9 Å². The third-order valence-corrected chi connectivity index (χ3v) is 5.20. The summed E-state index contributed by atoms with van der Waals surface area (Å²) < 4.78 is 30.3. The Balaban J connectivity index is 1.92. The Kier molecular flexibility index (Phi) is 5.72. The van der Waals surface area contributed by atoms with E-state index in [-0.39, 0.29) is 0 Å². The second-order valence-corrected chi connectivity index (χ2v) is 7.74. The molecule has 0 unspecified atom stereocenters. The van der Waals surface area contributed by atoms with Crippen LogP contribution in [-0.4, -0.2) is 7.11 Å². The molecule has 0 aliphatic rings. The summed E-state index contributed by atoms with van der Waals surface area (Å²) in [5, 5.41) is 2.90. The second-order valence-electron chi connectivity index (χ2n) is 6.16. The van der Waals surface area contributed by atoms with E-state index in [4.69, 9.17) is 13.8 Å². The number of anilines is 1. The van der Waals surface area contributed by atoms with Gasteiger partial charge in [0.2, 0.25) is 0 Å². The molecule has 0 bridgehead atoms. The standard InChI is InChI=1S/C21H22NO4P/c1-16-7-4-11-20(13-16)25-27(23,26-21-12-5-8-17(2)14-21)22-18-9-6-10-19(15-18)24-3/h4-15H,1-3H3,(H,22,23). The number of benzene rings is 3. The molecule has 6 heteroatoms. The molecule has 0 atom stereocenters. The molecule has 3 aromatic carbocycles. The molecular formula is C21H22NO4P. The minimum Gasteiger partial charge on any atom is -0.497 e. The van der Waals surface area contributed by atoms with Crippen molar-refractivity contribution < 1.29 is 18.3 Å². The highest BCUT2D eigenvalue weighted by Gasteiger charge is 2.29. The van der Waals surface area contributed by atoms with Gasteiger partial charge in [-0.3, -0.25) is 5.09 Å². The average Bonchev–Trinajstić information content (AvgIpc) is 2.61. The van der Waals surface area contributed by atoms with Gasteiger partial charge in [0, 0.05) is 11.8 Å². The number of hydrogen-bond donors (Lipinski definition) is 1. The van der Waals surface area contributed by atoms with Crippen LogP contribution in [0.15, 0.2) is 72.8 Å². The lowest BCUT2D eigenvalue weighted by atomic mass is 10.2. The van der Waals surface area contributed by atoms with Crippen molar-refractivity contribution in [2.75, 3.05) is 12.2 Å². The van der Waals surface area contributed by atoms with Gasteiger partial charge in [0.05, 0.1) is 7.11 Å². The average molecular weight is 383 g/mol. The first-order valence-electron chi connectivity index (χ1n) is 8.51. The van der Waals surface area contributed by atoms with Crippen LogP contribution in [0.1, 0.15) is 11.1 Å². The van der Waals surface area contributed by atoms with Gasteiger partial charge in [0.1, 0.15) is 17.2 Å². The number of nitrogens with one attached hydrogen (secondary N) is 1. The van der Waals surface area contributed by atoms with E-state index < -0.39 is 7.75 Å². The van der Waals surface area contributed by atoms with E-state index in [2.05, 4.69) is 5.09 Å². The predicted molar refractivity (Wildman–Crippen MR) is 108 cm³/mol. The molecule has 5 nitrogen and oxygen atoms in total. The van der Waals surface area contributed by atoms with Crippen LogP contribution in [0.4, 0.5) is 5.69 Å². The van der Waals surface area contributed by atoms with Crippen molar-refractivity contribution in [3.63, 3.8) is 0 Å². The van der Waals surface area contributed by atoms with Crippen molar-refractivity contribution in [2.24, 2.45) is 0 Å². The first-order chi connectivity index (χ1) is 13.0. The van der Waals surface area contributed by atoms with Crippen LogP contribution in [0, 0.1) is 13.8 Å². The molecule has 0 aromatic heterocycles. The summed E-state index contributed by atoms with van der Waals surface area (Å²) >= 11 is 0. The molecule has 0 saturated carbocycles. The van der Waals surface area contributed by atoms with Gasteiger partial charge in [0.15, 0.2) is 0 Å². The van der Waals surface area contributed by atoms with E-state index in [1.807, 2.05) is 38.1 Å². The van der Waals surface area contributed by atoms with Gasteiger partial charge in [-0.1, -0.05) is 30.3 Å². The Bertz CT molecular complexity index is 922. The summed E-state index contributed by atoms with van der Waals surface area (Å²) in [5.74, 6) is 1.56. The fourth-order valence-electron chi connectivity index (χ4n) is 2.54. The molecule has 0 fully saturated rings.